The van der Waals surface area contributed by atoms with E-state index in [4.69, 9.17) is 32.2 Å². The molecule has 2 unspecified atom stereocenters. The molecule has 0 aromatic rings. The molecule has 20 nitrogen and oxygen atoms in total. The summed E-state index contributed by atoms with van der Waals surface area (Å²) in [5.41, 5.74) is 22.7. The highest BCUT2D eigenvalue weighted by Crippen LogP contribution is 2.65. The lowest BCUT2D eigenvalue weighted by molar-refractivity contribution is -0.199. The van der Waals surface area contributed by atoms with Crippen LogP contribution in [0.4, 0.5) is 0 Å². The van der Waals surface area contributed by atoms with Crippen molar-refractivity contribution in [2.75, 3.05) is 13.1 Å². The summed E-state index contributed by atoms with van der Waals surface area (Å²) < 4.78 is 12.4. The van der Waals surface area contributed by atoms with Crippen LogP contribution in [0.3, 0.4) is 0 Å². The molecule has 1 saturated heterocycles. The summed E-state index contributed by atoms with van der Waals surface area (Å²) >= 11 is 0. The Hall–Kier alpha value is -3.89. The van der Waals surface area contributed by atoms with Gasteiger partial charge in [-0.25, -0.2) is 0 Å². The second kappa shape index (κ2) is 24.1. The van der Waals surface area contributed by atoms with Gasteiger partial charge in [0.05, 0.1) is 24.2 Å². The van der Waals surface area contributed by atoms with E-state index in [-0.39, 0.29) is 42.7 Å². The van der Waals surface area contributed by atoms with E-state index in [9.17, 15) is 38.7 Å². The number of amides is 7. The molecule has 0 radical (unpaired) electrons. The number of aliphatic hydroxyl groups excluding tert-OH is 1. The maximum atomic E-state index is 13.4. The summed E-state index contributed by atoms with van der Waals surface area (Å²) in [7, 11) is -1.00. The molecular formula is C40H73BN10O10. The van der Waals surface area contributed by atoms with Crippen LogP contribution < -0.4 is 54.8 Å². The number of carbonyl (C=O) groups excluding carboxylic acids is 7. The molecule has 0 aromatic heterocycles. The molecule has 0 spiro atoms. The molecule has 3 saturated carbocycles. The van der Waals surface area contributed by atoms with Gasteiger partial charge in [0.2, 0.25) is 35.4 Å². The number of aliphatic hydroxyl groups is 1. The van der Waals surface area contributed by atoms with Crippen molar-refractivity contribution in [1.29, 1.82) is 0 Å². The lowest BCUT2D eigenvalue weighted by Gasteiger charge is -2.64. The Morgan fingerprint density at radius 1 is 0.770 bits per heavy atom. The Kier molecular flexibility index (Phi) is 20.3. The molecule has 0 aromatic carbocycles. The number of carbonyl (C=O) groups is 7. The van der Waals surface area contributed by atoms with E-state index in [0.29, 0.717) is 31.7 Å². The first-order valence-electron chi connectivity index (χ1n) is 22.0. The Labute approximate surface area is 360 Å². The third-order valence-electron chi connectivity index (χ3n) is 12.5. The van der Waals surface area contributed by atoms with Crippen LogP contribution in [-0.4, -0.2) is 115 Å². The van der Waals surface area contributed by atoms with E-state index in [2.05, 4.69) is 52.7 Å². The zero-order valence-electron chi connectivity index (χ0n) is 36.7. The normalized spacial score (nSPS) is 24.0. The molecule has 346 valence electrons. The lowest BCUT2D eigenvalue weighted by atomic mass is 9.43. The topological polar surface area (TPSA) is 334 Å². The molecule has 21 heteroatoms. The van der Waals surface area contributed by atoms with Crippen molar-refractivity contribution in [2.24, 2.45) is 40.2 Å². The van der Waals surface area contributed by atoms with Gasteiger partial charge in [0, 0.05) is 19.4 Å². The Morgan fingerprint density at radius 2 is 1.43 bits per heavy atom. The van der Waals surface area contributed by atoms with E-state index >= 15 is 0 Å². The van der Waals surface area contributed by atoms with Crippen molar-refractivity contribution < 1.29 is 48.0 Å². The van der Waals surface area contributed by atoms with Crippen molar-refractivity contribution in [2.45, 2.75) is 179 Å². The molecule has 15 N–H and O–H groups in total. The van der Waals surface area contributed by atoms with E-state index in [1.165, 1.54) is 26.2 Å². The second-order valence-corrected chi connectivity index (χ2v) is 17.7. The minimum absolute atomic E-state index is 0.0638. The fourth-order valence-electron chi connectivity index (χ4n) is 8.70. The maximum absolute atomic E-state index is 13.4. The van der Waals surface area contributed by atoms with Crippen molar-refractivity contribution >= 4 is 48.5 Å². The molecule has 1 aliphatic heterocycles. The van der Waals surface area contributed by atoms with Crippen LogP contribution in [0.1, 0.15) is 131 Å². The number of hydrogen-bond donors (Lipinski definition) is 11. The van der Waals surface area contributed by atoms with Gasteiger partial charge in [-0.2, -0.15) is 0 Å². The van der Waals surface area contributed by atoms with Gasteiger partial charge in [-0.1, -0.05) is 59.3 Å². The van der Waals surface area contributed by atoms with Gasteiger partial charge >= 0.3 is 7.12 Å². The lowest BCUT2D eigenvalue weighted by Crippen LogP contribution is -2.65. The number of primary amides is 1. The first kappa shape index (κ1) is 51.5. The van der Waals surface area contributed by atoms with Crippen LogP contribution in [0.15, 0.2) is 0 Å². The number of rotatable bonds is 28. The largest absolute Gasteiger partial charge is 0.497 e. The molecule has 3 aliphatic carbocycles. The third kappa shape index (κ3) is 14.9. The van der Waals surface area contributed by atoms with Crippen molar-refractivity contribution in [3.05, 3.63) is 0 Å². The average Bonchev–Trinajstić information content (AvgIpc) is 3.56. The van der Waals surface area contributed by atoms with Gasteiger partial charge in [0.25, 0.3) is 5.91 Å². The Morgan fingerprint density at radius 3 is 2.05 bits per heavy atom. The van der Waals surface area contributed by atoms with Crippen LogP contribution in [0.5, 0.6) is 0 Å². The summed E-state index contributed by atoms with van der Waals surface area (Å²) in [6, 6.07) is -5.51. The monoisotopic (exact) mass is 865 g/mol. The zero-order valence-corrected chi connectivity index (χ0v) is 36.7. The van der Waals surface area contributed by atoms with Crippen LogP contribution in [0, 0.1) is 17.3 Å². The van der Waals surface area contributed by atoms with Gasteiger partial charge in [-0.3, -0.25) is 33.6 Å². The molecule has 10 atom stereocenters. The zero-order chi connectivity index (χ0) is 45.5. The van der Waals surface area contributed by atoms with Gasteiger partial charge in [-0.05, 0) is 76.2 Å². The van der Waals surface area contributed by atoms with Gasteiger partial charge in [0.15, 0.2) is 6.17 Å². The van der Waals surface area contributed by atoms with Gasteiger partial charge < -0.3 is 69.3 Å². The fraction of sp³-hybridized carbons (Fsp3) is 0.825. The highest BCUT2D eigenvalue weighted by Gasteiger charge is 2.68. The third-order valence-corrected chi connectivity index (χ3v) is 12.5. The van der Waals surface area contributed by atoms with E-state index in [0.717, 1.165) is 38.5 Å². The molecule has 4 fully saturated rings. The molecule has 4 aliphatic rings. The number of nitrogens with two attached hydrogens (primary N) is 4. The highest BCUT2D eigenvalue weighted by molar-refractivity contribution is 6.47. The first-order valence-corrected chi connectivity index (χ1v) is 22.0. The van der Waals surface area contributed by atoms with E-state index < -0.39 is 91.0 Å². The predicted molar refractivity (Wildman–Crippen MR) is 227 cm³/mol. The summed E-state index contributed by atoms with van der Waals surface area (Å²) in [6.07, 6.45) is 6.51. The molecular weight excluding hydrogens is 791 g/mol. The smallest absolute Gasteiger partial charge is 0.403 e. The number of hydrogen-bond acceptors (Lipinski definition) is 13. The van der Waals surface area contributed by atoms with Crippen LogP contribution in [0.2, 0.25) is 0 Å². The summed E-state index contributed by atoms with van der Waals surface area (Å²) in [6.45, 7) is 10.2. The maximum Gasteiger partial charge on any atom is 0.497 e. The summed E-state index contributed by atoms with van der Waals surface area (Å²) in [5.74, 6) is -4.76. The van der Waals surface area contributed by atoms with Crippen molar-refractivity contribution in [3.8, 4) is 0 Å². The molecule has 4 rings (SSSR count). The highest BCUT2D eigenvalue weighted by atomic mass is 16.7. The van der Waals surface area contributed by atoms with Crippen LogP contribution in [-0.2, 0) is 42.9 Å². The Bertz CT molecular complexity index is 1520. The second-order valence-electron chi connectivity index (χ2n) is 17.7. The average molecular weight is 865 g/mol. The molecule has 2 bridgehead atoms. The van der Waals surface area contributed by atoms with Crippen molar-refractivity contribution in [3.63, 3.8) is 0 Å². The number of unbranched alkanes of at least 4 members (excludes halogenated alkanes) is 7. The fourth-order valence-corrected chi connectivity index (χ4v) is 8.70. The minimum atomic E-state index is -1.83. The summed E-state index contributed by atoms with van der Waals surface area (Å²) in [5, 5.41) is 25.2. The first-order chi connectivity index (χ1) is 28.7. The molecule has 7 amide bonds. The van der Waals surface area contributed by atoms with Gasteiger partial charge in [0.1, 0.15) is 24.2 Å². The molecule has 1 heterocycles. The number of nitrogens with one attached hydrogen (secondary N) is 6. The minimum Gasteiger partial charge on any atom is -0.403 e. The SMILES string of the molecule is CCCCCCCCCC(=O)NCCC(=O)N[C@@H](CCCCN)C(=O)N[C@H](C(=O)N[C@@H](N)C(=O)NC(CC(N)=O)C(=O)N[C@@H](N)B1OC2C[C@@H]3C[C@@H](C3(C)C)[C@]2(C)O1)[C@@H](C)O. The molecule has 61 heavy (non-hydrogen) atoms. The Balaban J connectivity index is 1.52. The van der Waals surface area contributed by atoms with Crippen LogP contribution >= 0.6 is 0 Å². The van der Waals surface area contributed by atoms with Crippen LogP contribution in [0.25, 0.3) is 0 Å². The van der Waals surface area contributed by atoms with Crippen molar-refractivity contribution in [1.82, 2.24) is 31.9 Å². The van der Waals surface area contributed by atoms with E-state index in [1.54, 1.807) is 0 Å². The predicted octanol–water partition coefficient (Wildman–Crippen LogP) is -1.46. The van der Waals surface area contributed by atoms with E-state index in [1.807, 2.05) is 6.92 Å². The quantitative estimate of drug-likeness (QED) is 0.0244. The standard InChI is InChI=1S/C40H73BN10O10/c1-6-7-8-9-10-11-12-16-30(54)46-19-17-31(55)47-25(15-13-14-18-42)34(56)49-32(23(2)52)36(58)50-33(44)37(59)48-26(22-29(43)53)35(57)51-38(45)41-60-28-21-24-20-27(39(24,3)4)40(28,5)61-41/h23-28,32-33,38,52H,6-22,42,44-45H2,1-5H3,(H2,43,53)(H,46,54)(H,47,55)(H,48,59)(H,49,56)(H,50,58)(H,51,57)/t23-,24+,25+,26?,27+,28?,32+,33-,38-,40+/m1/s1. The van der Waals surface area contributed by atoms with Gasteiger partial charge in [-0.15, -0.1) is 0 Å². The summed E-state index contributed by atoms with van der Waals surface area (Å²) in [4.78, 5) is 90.2.